The summed E-state index contributed by atoms with van der Waals surface area (Å²) in [4.78, 5) is 11.4. The zero-order chi connectivity index (χ0) is 11.8. The highest BCUT2D eigenvalue weighted by molar-refractivity contribution is 5.76. The number of carbonyl (C=O) groups excluding carboxylic acids is 1. The van der Waals surface area contributed by atoms with Crippen molar-refractivity contribution in [1.82, 2.24) is 5.32 Å². The Morgan fingerprint density at radius 3 is 2.69 bits per heavy atom. The number of ether oxygens (including phenoxy) is 1. The van der Waals surface area contributed by atoms with Crippen LogP contribution in [0.3, 0.4) is 0 Å². The predicted molar refractivity (Wildman–Crippen MR) is 64.4 cm³/mol. The summed E-state index contributed by atoms with van der Waals surface area (Å²) in [5.74, 6) is 0.851. The van der Waals surface area contributed by atoms with Crippen molar-refractivity contribution in [3.05, 3.63) is 30.3 Å². The molecular formula is C13H19NO2. The number of hydrogen-bond donors (Lipinski definition) is 1. The van der Waals surface area contributed by atoms with Crippen LogP contribution >= 0.6 is 0 Å². The Kier molecular flexibility index (Phi) is 5.40. The van der Waals surface area contributed by atoms with E-state index in [0.29, 0.717) is 13.0 Å². The molecule has 1 aromatic carbocycles. The van der Waals surface area contributed by atoms with Crippen molar-refractivity contribution in [2.45, 2.75) is 32.7 Å². The maximum absolute atomic E-state index is 11.4. The van der Waals surface area contributed by atoms with Gasteiger partial charge in [-0.2, -0.15) is 0 Å². The first-order chi connectivity index (χ1) is 7.72. The van der Waals surface area contributed by atoms with Gasteiger partial charge in [-0.3, -0.25) is 4.79 Å². The number of nitrogens with one attached hydrogen (secondary N) is 1. The third-order valence-electron chi connectivity index (χ3n) is 2.36. The van der Waals surface area contributed by atoms with E-state index in [1.807, 2.05) is 44.2 Å². The SMILES string of the molecule is CC[C@H](C)NC(=O)CCOc1ccccc1. The van der Waals surface area contributed by atoms with Crippen LogP contribution in [0.15, 0.2) is 30.3 Å². The molecule has 3 heteroatoms. The summed E-state index contributed by atoms with van der Waals surface area (Å²) < 4.78 is 5.43. The van der Waals surface area contributed by atoms with Crippen LogP contribution in [-0.2, 0) is 4.79 Å². The Morgan fingerprint density at radius 1 is 1.38 bits per heavy atom. The third-order valence-corrected chi connectivity index (χ3v) is 2.36. The van der Waals surface area contributed by atoms with Gasteiger partial charge in [-0.25, -0.2) is 0 Å². The molecule has 0 fully saturated rings. The van der Waals surface area contributed by atoms with Crippen molar-refractivity contribution in [1.29, 1.82) is 0 Å². The van der Waals surface area contributed by atoms with Crippen LogP contribution in [0.25, 0.3) is 0 Å². The molecule has 0 heterocycles. The first-order valence-electron chi connectivity index (χ1n) is 5.69. The lowest BCUT2D eigenvalue weighted by molar-refractivity contribution is -0.122. The van der Waals surface area contributed by atoms with Crippen LogP contribution in [0.1, 0.15) is 26.7 Å². The molecule has 0 aliphatic heterocycles. The average molecular weight is 221 g/mol. The van der Waals surface area contributed by atoms with Crippen LogP contribution in [-0.4, -0.2) is 18.6 Å². The number of rotatable bonds is 6. The van der Waals surface area contributed by atoms with Crippen molar-refractivity contribution in [2.75, 3.05) is 6.61 Å². The van der Waals surface area contributed by atoms with Gasteiger partial charge in [-0.15, -0.1) is 0 Å². The fourth-order valence-corrected chi connectivity index (χ4v) is 1.23. The molecule has 88 valence electrons. The quantitative estimate of drug-likeness (QED) is 0.801. The summed E-state index contributed by atoms with van der Waals surface area (Å²) in [7, 11) is 0. The zero-order valence-corrected chi connectivity index (χ0v) is 9.90. The van der Waals surface area contributed by atoms with Crippen molar-refractivity contribution >= 4 is 5.91 Å². The summed E-state index contributed by atoms with van der Waals surface area (Å²) in [6.07, 6.45) is 1.35. The minimum atomic E-state index is 0.0466. The van der Waals surface area contributed by atoms with Gasteiger partial charge in [0.15, 0.2) is 0 Å². The second kappa shape index (κ2) is 6.88. The van der Waals surface area contributed by atoms with Crippen LogP contribution in [0.5, 0.6) is 5.75 Å². The fourth-order valence-electron chi connectivity index (χ4n) is 1.23. The van der Waals surface area contributed by atoms with Crippen LogP contribution in [0.4, 0.5) is 0 Å². The number of hydrogen-bond acceptors (Lipinski definition) is 2. The first-order valence-corrected chi connectivity index (χ1v) is 5.69. The highest BCUT2D eigenvalue weighted by Gasteiger charge is 2.05. The molecule has 1 aromatic rings. The number of amides is 1. The molecule has 0 spiro atoms. The summed E-state index contributed by atoms with van der Waals surface area (Å²) >= 11 is 0. The van der Waals surface area contributed by atoms with E-state index in [2.05, 4.69) is 5.32 Å². The number of carbonyl (C=O) groups is 1. The lowest BCUT2D eigenvalue weighted by atomic mass is 10.2. The van der Waals surface area contributed by atoms with Crippen molar-refractivity contribution in [3.8, 4) is 5.75 Å². The topological polar surface area (TPSA) is 38.3 Å². The zero-order valence-electron chi connectivity index (χ0n) is 9.90. The second-order valence-corrected chi connectivity index (χ2v) is 3.79. The molecule has 3 nitrogen and oxygen atoms in total. The molecule has 1 rings (SSSR count). The van der Waals surface area contributed by atoms with Gasteiger partial charge in [-0.1, -0.05) is 25.1 Å². The highest BCUT2D eigenvalue weighted by atomic mass is 16.5. The molecule has 1 N–H and O–H groups in total. The van der Waals surface area contributed by atoms with E-state index in [0.717, 1.165) is 12.2 Å². The minimum absolute atomic E-state index is 0.0466. The number of para-hydroxylation sites is 1. The van der Waals surface area contributed by atoms with E-state index < -0.39 is 0 Å². The number of benzene rings is 1. The normalized spacial score (nSPS) is 11.9. The van der Waals surface area contributed by atoms with Gasteiger partial charge in [0, 0.05) is 6.04 Å². The monoisotopic (exact) mass is 221 g/mol. The predicted octanol–water partition coefficient (Wildman–Crippen LogP) is 2.37. The summed E-state index contributed by atoms with van der Waals surface area (Å²) in [5.41, 5.74) is 0. The molecule has 0 bridgehead atoms. The Balaban J connectivity index is 2.18. The van der Waals surface area contributed by atoms with Crippen molar-refractivity contribution in [3.63, 3.8) is 0 Å². The van der Waals surface area contributed by atoms with Crippen molar-refractivity contribution < 1.29 is 9.53 Å². The lowest BCUT2D eigenvalue weighted by Gasteiger charge is -2.11. The molecule has 0 aromatic heterocycles. The molecule has 0 saturated carbocycles. The van der Waals surface area contributed by atoms with Gasteiger partial charge in [0.25, 0.3) is 0 Å². The van der Waals surface area contributed by atoms with E-state index in [4.69, 9.17) is 4.74 Å². The lowest BCUT2D eigenvalue weighted by Crippen LogP contribution is -2.32. The van der Waals surface area contributed by atoms with Gasteiger partial charge < -0.3 is 10.1 Å². The van der Waals surface area contributed by atoms with Crippen molar-refractivity contribution in [2.24, 2.45) is 0 Å². The third kappa shape index (κ3) is 4.82. The highest BCUT2D eigenvalue weighted by Crippen LogP contribution is 2.08. The van der Waals surface area contributed by atoms with E-state index in [9.17, 15) is 4.79 Å². The standard InChI is InChI=1S/C13H19NO2/c1-3-11(2)14-13(15)9-10-16-12-7-5-4-6-8-12/h4-8,11H,3,9-10H2,1-2H3,(H,14,15)/t11-/m0/s1. The van der Waals surface area contributed by atoms with E-state index in [1.165, 1.54) is 0 Å². The van der Waals surface area contributed by atoms with Gasteiger partial charge in [0.1, 0.15) is 5.75 Å². The average Bonchev–Trinajstić information content (AvgIpc) is 2.30. The smallest absolute Gasteiger partial charge is 0.223 e. The fraction of sp³-hybridized carbons (Fsp3) is 0.462. The largest absolute Gasteiger partial charge is 0.493 e. The molecule has 0 radical (unpaired) electrons. The molecule has 1 atom stereocenters. The van der Waals surface area contributed by atoms with Gasteiger partial charge in [0.2, 0.25) is 5.91 Å². The molecule has 0 aliphatic rings. The second-order valence-electron chi connectivity index (χ2n) is 3.79. The summed E-state index contributed by atoms with van der Waals surface area (Å²) in [6, 6.07) is 9.76. The molecule has 0 unspecified atom stereocenters. The summed E-state index contributed by atoms with van der Waals surface area (Å²) in [6.45, 7) is 4.47. The maximum atomic E-state index is 11.4. The van der Waals surface area contributed by atoms with E-state index in [-0.39, 0.29) is 11.9 Å². The van der Waals surface area contributed by atoms with Gasteiger partial charge in [0.05, 0.1) is 13.0 Å². The maximum Gasteiger partial charge on any atom is 0.223 e. The molecule has 0 saturated heterocycles. The Bertz CT molecular complexity index is 311. The van der Waals surface area contributed by atoms with Gasteiger partial charge >= 0.3 is 0 Å². The Morgan fingerprint density at radius 2 is 2.06 bits per heavy atom. The first kappa shape index (κ1) is 12.6. The van der Waals surface area contributed by atoms with Crippen LogP contribution < -0.4 is 10.1 Å². The van der Waals surface area contributed by atoms with E-state index in [1.54, 1.807) is 0 Å². The molecule has 1 amide bonds. The van der Waals surface area contributed by atoms with E-state index >= 15 is 0 Å². The molecule has 0 aliphatic carbocycles. The minimum Gasteiger partial charge on any atom is -0.493 e. The summed E-state index contributed by atoms with van der Waals surface area (Å²) in [5, 5.41) is 2.90. The molecule has 16 heavy (non-hydrogen) atoms. The van der Waals surface area contributed by atoms with Crippen LogP contribution in [0.2, 0.25) is 0 Å². The Labute approximate surface area is 96.8 Å². The van der Waals surface area contributed by atoms with Crippen LogP contribution in [0, 0.1) is 0 Å². The molecular weight excluding hydrogens is 202 g/mol. The Hall–Kier alpha value is -1.51. The van der Waals surface area contributed by atoms with Gasteiger partial charge in [-0.05, 0) is 25.5 Å².